The van der Waals surface area contributed by atoms with Crippen LogP contribution in [-0.4, -0.2) is 33.0 Å². The highest BCUT2D eigenvalue weighted by molar-refractivity contribution is 7.89. The highest BCUT2D eigenvalue weighted by Gasteiger charge is 2.16. The molecule has 0 aliphatic rings. The van der Waals surface area contributed by atoms with Gasteiger partial charge in [0.05, 0.1) is 28.3 Å². The smallest absolute Gasteiger partial charge is 0.291 e. The molecule has 27 heavy (non-hydrogen) atoms. The Balaban J connectivity index is 1.82. The molecule has 3 rings (SSSR count). The Hall–Kier alpha value is -2.27. The molecule has 0 spiro atoms. The van der Waals surface area contributed by atoms with Crippen LogP contribution in [0.4, 0.5) is 0 Å². The number of nitrogens with one attached hydrogen (secondary N) is 1. The maximum atomic E-state index is 12.4. The minimum atomic E-state index is -3.77. The predicted octanol–water partition coefficient (Wildman–Crippen LogP) is 1.63. The van der Waals surface area contributed by atoms with E-state index in [-0.39, 0.29) is 21.5 Å². The van der Waals surface area contributed by atoms with E-state index in [4.69, 9.17) is 23.2 Å². The normalized spacial score (nSPS) is 11.7. The van der Waals surface area contributed by atoms with Gasteiger partial charge in [-0.2, -0.15) is 9.78 Å². The molecule has 0 saturated heterocycles. The summed E-state index contributed by atoms with van der Waals surface area (Å²) in [5.41, 5.74) is -0.250. The molecule has 0 bridgehead atoms. The Labute approximate surface area is 164 Å². The Kier molecular flexibility index (Phi) is 5.61. The Morgan fingerprint density at radius 3 is 2.56 bits per heavy atom. The van der Waals surface area contributed by atoms with Crippen LogP contribution in [0.2, 0.25) is 10.0 Å². The van der Waals surface area contributed by atoms with Gasteiger partial charge in [-0.1, -0.05) is 23.2 Å². The molecule has 1 N–H and O–H groups in total. The lowest BCUT2D eigenvalue weighted by Gasteiger charge is -2.09. The van der Waals surface area contributed by atoms with Gasteiger partial charge < -0.3 is 4.57 Å². The lowest BCUT2D eigenvalue weighted by molar-refractivity contribution is 0.575. The molecule has 12 heteroatoms. The summed E-state index contributed by atoms with van der Waals surface area (Å²) in [5.74, 6) is 0.504. The topological polar surface area (TPSA) is 112 Å². The highest BCUT2D eigenvalue weighted by Crippen LogP contribution is 2.17. The van der Waals surface area contributed by atoms with Gasteiger partial charge in [-0.05, 0) is 31.2 Å². The van der Waals surface area contributed by atoms with Crippen molar-refractivity contribution in [1.82, 2.24) is 29.3 Å². The molecule has 1 aromatic carbocycles. The first-order valence-electron chi connectivity index (χ1n) is 7.73. The fourth-order valence-corrected chi connectivity index (χ4v) is 3.52. The highest BCUT2D eigenvalue weighted by atomic mass is 35.5. The van der Waals surface area contributed by atoms with Crippen LogP contribution in [-0.2, 0) is 23.1 Å². The van der Waals surface area contributed by atoms with Crippen molar-refractivity contribution in [2.45, 2.75) is 24.9 Å². The first kappa shape index (κ1) is 19.5. The molecule has 0 atom stereocenters. The van der Waals surface area contributed by atoms with Crippen LogP contribution < -0.4 is 10.3 Å². The number of sulfonamides is 1. The summed E-state index contributed by atoms with van der Waals surface area (Å²) in [4.78, 5) is 12.1. The molecule has 2 aromatic heterocycles. The van der Waals surface area contributed by atoms with Gasteiger partial charge in [-0.15, -0.1) is 10.2 Å². The van der Waals surface area contributed by atoms with Crippen LogP contribution in [0.3, 0.4) is 0 Å². The van der Waals surface area contributed by atoms with Crippen LogP contribution >= 0.6 is 23.2 Å². The molecule has 9 nitrogen and oxygen atoms in total. The fourth-order valence-electron chi connectivity index (χ4n) is 2.29. The molecule has 0 aliphatic heterocycles. The molecule has 0 amide bonds. The number of hydrogen-bond donors (Lipinski definition) is 1. The van der Waals surface area contributed by atoms with E-state index in [1.165, 1.54) is 36.8 Å². The summed E-state index contributed by atoms with van der Waals surface area (Å²) < 4.78 is 30.1. The van der Waals surface area contributed by atoms with Crippen molar-refractivity contribution in [3.05, 3.63) is 63.0 Å². The maximum Gasteiger partial charge on any atom is 0.291 e. The summed E-state index contributed by atoms with van der Waals surface area (Å²) in [6.45, 7) is 2.54. The van der Waals surface area contributed by atoms with Gasteiger partial charge in [-0.3, -0.25) is 4.79 Å². The average molecular weight is 429 g/mol. The van der Waals surface area contributed by atoms with E-state index in [0.717, 1.165) is 4.68 Å². The number of hydrogen-bond acceptors (Lipinski definition) is 6. The van der Waals surface area contributed by atoms with Crippen LogP contribution in [0, 0.1) is 0 Å². The third-order valence-corrected chi connectivity index (χ3v) is 5.89. The second kappa shape index (κ2) is 7.77. The molecule has 2 heterocycles. The molecule has 0 aliphatic carbocycles. The monoisotopic (exact) mass is 428 g/mol. The van der Waals surface area contributed by atoms with Crippen molar-refractivity contribution in [3.63, 3.8) is 0 Å². The number of aromatic nitrogens is 5. The lowest BCUT2D eigenvalue weighted by Crippen LogP contribution is -2.25. The minimum absolute atomic E-state index is 0.00569. The summed E-state index contributed by atoms with van der Waals surface area (Å²) in [6.07, 6.45) is 2.77. The standard InChI is InChI=1S/C15H14Cl2N6O3S/c1-2-22-9-18-21-13(22)8-20-27(25,26)11-5-3-10(4-6-11)23-15(24)14(17)12(16)7-19-23/h3-7,9,20H,2,8H2,1H3. The van der Waals surface area contributed by atoms with Gasteiger partial charge in [0, 0.05) is 6.54 Å². The van der Waals surface area contributed by atoms with Crippen LogP contribution in [0.15, 0.2) is 46.5 Å². The summed E-state index contributed by atoms with van der Waals surface area (Å²) in [5, 5.41) is 11.4. The van der Waals surface area contributed by atoms with Crippen molar-refractivity contribution >= 4 is 33.2 Å². The molecule has 0 unspecified atom stereocenters. The quantitative estimate of drug-likeness (QED) is 0.638. The molecule has 0 saturated carbocycles. The summed E-state index contributed by atoms with van der Waals surface area (Å²) in [7, 11) is -3.77. The fraction of sp³-hybridized carbons (Fsp3) is 0.200. The van der Waals surface area contributed by atoms with Crippen LogP contribution in [0.25, 0.3) is 5.69 Å². The van der Waals surface area contributed by atoms with Crippen molar-refractivity contribution in [2.75, 3.05) is 0 Å². The first-order chi connectivity index (χ1) is 12.8. The van der Waals surface area contributed by atoms with Gasteiger partial charge in [0.1, 0.15) is 17.2 Å². The van der Waals surface area contributed by atoms with Gasteiger partial charge in [0.2, 0.25) is 10.0 Å². The zero-order chi connectivity index (χ0) is 19.6. The average Bonchev–Trinajstić information content (AvgIpc) is 3.12. The number of halogens is 2. The summed E-state index contributed by atoms with van der Waals surface area (Å²) in [6, 6.07) is 5.61. The van der Waals surface area contributed by atoms with Gasteiger partial charge in [0.15, 0.2) is 0 Å². The molecule has 3 aromatic rings. The second-order valence-corrected chi connectivity index (χ2v) is 7.93. The Morgan fingerprint density at radius 2 is 1.89 bits per heavy atom. The van der Waals surface area contributed by atoms with E-state index in [9.17, 15) is 13.2 Å². The van der Waals surface area contributed by atoms with E-state index in [0.29, 0.717) is 18.1 Å². The summed E-state index contributed by atoms with van der Waals surface area (Å²) >= 11 is 11.6. The third kappa shape index (κ3) is 4.03. The Bertz CT molecular complexity index is 1130. The molecule has 142 valence electrons. The van der Waals surface area contributed by atoms with Crippen molar-refractivity contribution in [2.24, 2.45) is 0 Å². The van der Waals surface area contributed by atoms with Crippen LogP contribution in [0.1, 0.15) is 12.7 Å². The van der Waals surface area contributed by atoms with E-state index in [1.807, 2.05) is 6.92 Å². The number of nitrogens with zero attached hydrogens (tertiary/aromatic N) is 5. The molecular formula is C15H14Cl2N6O3S. The Morgan fingerprint density at radius 1 is 1.19 bits per heavy atom. The van der Waals surface area contributed by atoms with Crippen molar-refractivity contribution in [3.8, 4) is 5.69 Å². The van der Waals surface area contributed by atoms with Gasteiger partial charge >= 0.3 is 0 Å². The van der Waals surface area contributed by atoms with Crippen molar-refractivity contribution < 1.29 is 8.42 Å². The largest absolute Gasteiger partial charge is 0.317 e. The number of rotatable bonds is 6. The lowest BCUT2D eigenvalue weighted by atomic mass is 10.3. The van der Waals surface area contributed by atoms with Gasteiger partial charge in [-0.25, -0.2) is 13.1 Å². The number of aryl methyl sites for hydroxylation is 1. The first-order valence-corrected chi connectivity index (χ1v) is 9.97. The zero-order valence-electron chi connectivity index (χ0n) is 14.0. The van der Waals surface area contributed by atoms with E-state index in [2.05, 4.69) is 20.0 Å². The molecular weight excluding hydrogens is 415 g/mol. The third-order valence-electron chi connectivity index (χ3n) is 3.72. The van der Waals surface area contributed by atoms with Gasteiger partial charge in [0.25, 0.3) is 5.56 Å². The van der Waals surface area contributed by atoms with E-state index in [1.54, 1.807) is 4.57 Å². The SMILES string of the molecule is CCn1cnnc1CNS(=O)(=O)c1ccc(-n2ncc(Cl)c(Cl)c2=O)cc1. The minimum Gasteiger partial charge on any atom is -0.317 e. The number of benzene rings is 1. The zero-order valence-corrected chi connectivity index (χ0v) is 16.3. The molecule has 0 radical (unpaired) electrons. The van der Waals surface area contributed by atoms with Crippen LogP contribution in [0.5, 0.6) is 0 Å². The van der Waals surface area contributed by atoms with Crippen molar-refractivity contribution in [1.29, 1.82) is 0 Å². The maximum absolute atomic E-state index is 12.4. The van der Waals surface area contributed by atoms with E-state index < -0.39 is 15.6 Å². The molecule has 0 fully saturated rings. The second-order valence-electron chi connectivity index (χ2n) is 5.38. The predicted molar refractivity (Wildman–Crippen MR) is 99.6 cm³/mol. The van der Waals surface area contributed by atoms with E-state index >= 15 is 0 Å².